The highest BCUT2D eigenvalue weighted by atomic mass is 16.5. The van der Waals surface area contributed by atoms with Gasteiger partial charge in [0, 0.05) is 36.9 Å². The van der Waals surface area contributed by atoms with E-state index in [9.17, 15) is 0 Å². The summed E-state index contributed by atoms with van der Waals surface area (Å²) >= 11 is 0. The van der Waals surface area contributed by atoms with Crippen LogP contribution in [0.5, 0.6) is 5.88 Å². The molecule has 0 aromatic carbocycles. The number of nitrogens with two attached hydrogens (primary N) is 1. The van der Waals surface area contributed by atoms with E-state index in [0.29, 0.717) is 31.1 Å². The summed E-state index contributed by atoms with van der Waals surface area (Å²) in [4.78, 5) is 10.4. The van der Waals surface area contributed by atoms with Crippen LogP contribution in [0.3, 0.4) is 0 Å². The standard InChI is InChI=1S/C13H24N4O/c1-10(2)17(11(3)4)5-6-18-13-12(7-14)8-15-9-16-13/h8-11H,5-7,14H2,1-4H3. The van der Waals surface area contributed by atoms with E-state index >= 15 is 0 Å². The minimum Gasteiger partial charge on any atom is -0.476 e. The van der Waals surface area contributed by atoms with E-state index in [2.05, 4.69) is 42.6 Å². The predicted molar refractivity (Wildman–Crippen MR) is 72.4 cm³/mol. The lowest BCUT2D eigenvalue weighted by Gasteiger charge is -2.30. The molecule has 0 aliphatic heterocycles. The van der Waals surface area contributed by atoms with Crippen LogP contribution >= 0.6 is 0 Å². The van der Waals surface area contributed by atoms with Gasteiger partial charge in [0.15, 0.2) is 0 Å². The van der Waals surface area contributed by atoms with Gasteiger partial charge in [-0.2, -0.15) is 0 Å². The van der Waals surface area contributed by atoms with E-state index in [-0.39, 0.29) is 0 Å². The van der Waals surface area contributed by atoms with Crippen LogP contribution in [0.25, 0.3) is 0 Å². The predicted octanol–water partition coefficient (Wildman–Crippen LogP) is 1.43. The maximum absolute atomic E-state index is 5.69. The summed E-state index contributed by atoms with van der Waals surface area (Å²) < 4.78 is 5.69. The third-order valence-corrected chi connectivity index (χ3v) is 2.88. The molecule has 1 heterocycles. The third-order valence-electron chi connectivity index (χ3n) is 2.88. The summed E-state index contributed by atoms with van der Waals surface area (Å²) in [5.41, 5.74) is 6.45. The second-order valence-electron chi connectivity index (χ2n) is 4.83. The van der Waals surface area contributed by atoms with Crippen LogP contribution in [0, 0.1) is 0 Å². The second kappa shape index (κ2) is 7.28. The summed E-state index contributed by atoms with van der Waals surface area (Å²) in [6.45, 7) is 10.6. The first-order valence-electron chi connectivity index (χ1n) is 6.43. The quantitative estimate of drug-likeness (QED) is 0.795. The smallest absolute Gasteiger partial charge is 0.220 e. The zero-order valence-electron chi connectivity index (χ0n) is 11.8. The summed E-state index contributed by atoms with van der Waals surface area (Å²) in [6.07, 6.45) is 3.18. The fourth-order valence-corrected chi connectivity index (χ4v) is 1.98. The first-order valence-corrected chi connectivity index (χ1v) is 6.43. The summed E-state index contributed by atoms with van der Waals surface area (Å²) in [5, 5.41) is 0. The number of hydrogen-bond donors (Lipinski definition) is 1. The SMILES string of the molecule is CC(C)N(CCOc1ncncc1CN)C(C)C. The van der Waals surface area contributed by atoms with Gasteiger partial charge in [0.1, 0.15) is 12.9 Å². The molecule has 0 fully saturated rings. The molecule has 0 spiro atoms. The molecule has 18 heavy (non-hydrogen) atoms. The second-order valence-corrected chi connectivity index (χ2v) is 4.83. The molecule has 0 saturated carbocycles. The number of rotatable bonds is 7. The molecule has 0 saturated heterocycles. The van der Waals surface area contributed by atoms with E-state index in [1.165, 1.54) is 6.33 Å². The molecule has 0 unspecified atom stereocenters. The van der Waals surface area contributed by atoms with Gasteiger partial charge in [-0.1, -0.05) is 0 Å². The van der Waals surface area contributed by atoms with Crippen molar-refractivity contribution in [3.63, 3.8) is 0 Å². The normalized spacial score (nSPS) is 11.6. The van der Waals surface area contributed by atoms with Crippen molar-refractivity contribution in [2.24, 2.45) is 5.73 Å². The Morgan fingerprint density at radius 1 is 1.28 bits per heavy atom. The molecule has 0 atom stereocenters. The van der Waals surface area contributed by atoms with E-state index in [1.807, 2.05) is 0 Å². The van der Waals surface area contributed by atoms with Crippen molar-refractivity contribution in [3.8, 4) is 5.88 Å². The van der Waals surface area contributed by atoms with Crippen LogP contribution in [0.2, 0.25) is 0 Å². The average Bonchev–Trinajstić information content (AvgIpc) is 2.34. The van der Waals surface area contributed by atoms with Crippen molar-refractivity contribution < 1.29 is 4.74 Å². The Balaban J connectivity index is 2.50. The van der Waals surface area contributed by atoms with Crippen LogP contribution in [0.4, 0.5) is 0 Å². The molecule has 5 heteroatoms. The zero-order valence-corrected chi connectivity index (χ0v) is 11.8. The number of hydrogen-bond acceptors (Lipinski definition) is 5. The fraction of sp³-hybridized carbons (Fsp3) is 0.692. The van der Waals surface area contributed by atoms with Crippen LogP contribution in [0.15, 0.2) is 12.5 Å². The van der Waals surface area contributed by atoms with Gasteiger partial charge in [0.25, 0.3) is 0 Å². The van der Waals surface area contributed by atoms with Crippen molar-refractivity contribution in [2.75, 3.05) is 13.2 Å². The summed E-state index contributed by atoms with van der Waals surface area (Å²) in [6, 6.07) is 1.01. The van der Waals surface area contributed by atoms with Crippen LogP contribution in [0.1, 0.15) is 33.3 Å². The third kappa shape index (κ3) is 4.23. The Morgan fingerprint density at radius 2 is 1.94 bits per heavy atom. The van der Waals surface area contributed by atoms with E-state index < -0.39 is 0 Å². The molecule has 0 bridgehead atoms. The van der Waals surface area contributed by atoms with Gasteiger partial charge in [0.05, 0.1) is 0 Å². The summed E-state index contributed by atoms with van der Waals surface area (Å²) in [7, 11) is 0. The first-order chi connectivity index (χ1) is 8.56. The maximum Gasteiger partial charge on any atom is 0.220 e. The van der Waals surface area contributed by atoms with Gasteiger partial charge in [-0.25, -0.2) is 9.97 Å². The Kier molecular flexibility index (Phi) is 6.01. The van der Waals surface area contributed by atoms with Crippen LogP contribution in [-0.4, -0.2) is 40.1 Å². The highest BCUT2D eigenvalue weighted by molar-refractivity contribution is 5.21. The fourth-order valence-electron chi connectivity index (χ4n) is 1.98. The molecule has 102 valence electrons. The van der Waals surface area contributed by atoms with Gasteiger partial charge in [-0.3, -0.25) is 4.90 Å². The largest absolute Gasteiger partial charge is 0.476 e. The minimum absolute atomic E-state index is 0.397. The molecule has 1 aromatic heterocycles. The van der Waals surface area contributed by atoms with Crippen molar-refractivity contribution in [3.05, 3.63) is 18.1 Å². The maximum atomic E-state index is 5.69. The van der Waals surface area contributed by atoms with Gasteiger partial charge >= 0.3 is 0 Å². The minimum atomic E-state index is 0.397. The molecule has 0 aliphatic carbocycles. The van der Waals surface area contributed by atoms with Gasteiger partial charge < -0.3 is 10.5 Å². The average molecular weight is 252 g/mol. The van der Waals surface area contributed by atoms with E-state index in [4.69, 9.17) is 10.5 Å². The number of aromatic nitrogens is 2. The Bertz CT molecular complexity index is 347. The van der Waals surface area contributed by atoms with Gasteiger partial charge in [-0.15, -0.1) is 0 Å². The van der Waals surface area contributed by atoms with Crippen molar-refractivity contribution in [2.45, 2.75) is 46.3 Å². The highest BCUT2D eigenvalue weighted by Gasteiger charge is 2.13. The molecular weight excluding hydrogens is 228 g/mol. The monoisotopic (exact) mass is 252 g/mol. The molecule has 0 radical (unpaired) electrons. The molecule has 1 rings (SSSR count). The highest BCUT2D eigenvalue weighted by Crippen LogP contribution is 2.12. The first kappa shape index (κ1) is 14.9. The van der Waals surface area contributed by atoms with E-state index in [0.717, 1.165) is 12.1 Å². The van der Waals surface area contributed by atoms with Crippen molar-refractivity contribution in [1.82, 2.24) is 14.9 Å². The zero-order chi connectivity index (χ0) is 13.5. The Morgan fingerprint density at radius 3 is 2.50 bits per heavy atom. The lowest BCUT2D eigenvalue weighted by atomic mass is 10.2. The van der Waals surface area contributed by atoms with Crippen molar-refractivity contribution >= 4 is 0 Å². The molecule has 0 amide bonds. The lowest BCUT2D eigenvalue weighted by Crippen LogP contribution is -2.39. The topological polar surface area (TPSA) is 64.3 Å². The van der Waals surface area contributed by atoms with Crippen molar-refractivity contribution in [1.29, 1.82) is 0 Å². The molecule has 5 nitrogen and oxygen atoms in total. The molecular formula is C13H24N4O. The lowest BCUT2D eigenvalue weighted by molar-refractivity contribution is 0.139. The Hall–Kier alpha value is -1.20. The van der Waals surface area contributed by atoms with Crippen LogP contribution < -0.4 is 10.5 Å². The van der Waals surface area contributed by atoms with E-state index in [1.54, 1.807) is 6.20 Å². The number of ether oxygens (including phenoxy) is 1. The molecule has 2 N–H and O–H groups in total. The summed E-state index contributed by atoms with van der Waals surface area (Å²) in [5.74, 6) is 0.597. The Labute approximate surface area is 109 Å². The van der Waals surface area contributed by atoms with Gasteiger partial charge in [-0.05, 0) is 27.7 Å². The van der Waals surface area contributed by atoms with Gasteiger partial charge in [0.2, 0.25) is 5.88 Å². The number of nitrogens with zero attached hydrogens (tertiary/aromatic N) is 3. The van der Waals surface area contributed by atoms with Crippen LogP contribution in [-0.2, 0) is 6.54 Å². The molecule has 0 aliphatic rings. The molecule has 1 aromatic rings.